The van der Waals surface area contributed by atoms with Crippen molar-refractivity contribution in [2.45, 2.75) is 6.92 Å². The second-order valence-electron chi connectivity index (χ2n) is 2.82. The average Bonchev–Trinajstić information content (AvgIpc) is 2.19. The molecule has 0 radical (unpaired) electrons. The number of halogens is 1. The molecule has 14 heavy (non-hydrogen) atoms. The van der Waals surface area contributed by atoms with Crippen LogP contribution in [0.5, 0.6) is 0 Å². The van der Waals surface area contributed by atoms with Gasteiger partial charge in [-0.1, -0.05) is 11.6 Å². The summed E-state index contributed by atoms with van der Waals surface area (Å²) in [6.07, 6.45) is 0. The van der Waals surface area contributed by atoms with Gasteiger partial charge in [-0.2, -0.15) is 0 Å². The monoisotopic (exact) mass is 213 g/mol. The van der Waals surface area contributed by atoms with Gasteiger partial charge in [-0.15, -0.1) is 0 Å². The van der Waals surface area contributed by atoms with Gasteiger partial charge in [0.05, 0.1) is 5.56 Å². The molecule has 0 heterocycles. The molecule has 0 fully saturated rings. The number of hydrazine groups is 1. The molecular formula is C9H12ClN3O. The van der Waals surface area contributed by atoms with Crippen molar-refractivity contribution in [2.75, 3.05) is 12.3 Å². The van der Waals surface area contributed by atoms with Crippen LogP contribution in [0.3, 0.4) is 0 Å². The molecule has 76 valence electrons. The minimum atomic E-state index is -0.326. The van der Waals surface area contributed by atoms with Crippen molar-refractivity contribution in [3.05, 3.63) is 28.8 Å². The maximum Gasteiger partial charge on any atom is 0.269 e. The number of hydrogen-bond donors (Lipinski definition) is 2. The average molecular weight is 214 g/mol. The first-order valence-electron chi connectivity index (χ1n) is 4.17. The van der Waals surface area contributed by atoms with Crippen LogP contribution in [0, 0.1) is 0 Å². The first kappa shape index (κ1) is 10.8. The SMILES string of the molecule is CCN(N)C(=O)c1cc(Cl)ccc1N. The molecule has 1 amide bonds. The Hall–Kier alpha value is -1.26. The first-order valence-corrected chi connectivity index (χ1v) is 4.55. The molecule has 0 spiro atoms. The number of nitrogens with zero attached hydrogens (tertiary/aromatic N) is 1. The molecular weight excluding hydrogens is 202 g/mol. The van der Waals surface area contributed by atoms with Crippen molar-refractivity contribution in [1.82, 2.24) is 5.01 Å². The fraction of sp³-hybridized carbons (Fsp3) is 0.222. The van der Waals surface area contributed by atoms with E-state index in [0.717, 1.165) is 5.01 Å². The summed E-state index contributed by atoms with van der Waals surface area (Å²) in [5, 5.41) is 1.55. The summed E-state index contributed by atoms with van der Waals surface area (Å²) < 4.78 is 0. The summed E-state index contributed by atoms with van der Waals surface area (Å²) in [5.41, 5.74) is 6.33. The van der Waals surface area contributed by atoms with Gasteiger partial charge in [0.1, 0.15) is 0 Å². The van der Waals surface area contributed by atoms with E-state index >= 15 is 0 Å². The van der Waals surface area contributed by atoms with Crippen LogP contribution in [0.4, 0.5) is 5.69 Å². The highest BCUT2D eigenvalue weighted by atomic mass is 35.5. The zero-order valence-corrected chi connectivity index (χ0v) is 8.58. The van der Waals surface area contributed by atoms with E-state index < -0.39 is 0 Å². The third-order valence-electron chi connectivity index (χ3n) is 1.85. The molecule has 5 heteroatoms. The molecule has 1 rings (SSSR count). The Morgan fingerprint density at radius 2 is 2.21 bits per heavy atom. The number of amides is 1. The molecule has 0 saturated heterocycles. The summed E-state index contributed by atoms with van der Waals surface area (Å²) in [6.45, 7) is 2.20. The normalized spacial score (nSPS) is 9.93. The Kier molecular flexibility index (Phi) is 3.33. The highest BCUT2D eigenvalue weighted by Gasteiger charge is 2.13. The summed E-state index contributed by atoms with van der Waals surface area (Å²) in [6, 6.07) is 4.72. The number of rotatable bonds is 2. The van der Waals surface area contributed by atoms with Gasteiger partial charge >= 0.3 is 0 Å². The lowest BCUT2D eigenvalue weighted by Gasteiger charge is -2.15. The topological polar surface area (TPSA) is 72.3 Å². The molecule has 4 nitrogen and oxygen atoms in total. The zero-order chi connectivity index (χ0) is 10.7. The van der Waals surface area contributed by atoms with Crippen molar-refractivity contribution in [3.63, 3.8) is 0 Å². The van der Waals surface area contributed by atoms with Crippen molar-refractivity contribution >= 4 is 23.2 Å². The molecule has 0 saturated carbocycles. The van der Waals surface area contributed by atoms with Crippen molar-refractivity contribution in [1.29, 1.82) is 0 Å². The van der Waals surface area contributed by atoms with Gasteiger partial charge in [0, 0.05) is 17.3 Å². The lowest BCUT2D eigenvalue weighted by Crippen LogP contribution is -2.37. The molecule has 0 aliphatic heterocycles. The van der Waals surface area contributed by atoms with E-state index in [1.165, 1.54) is 6.07 Å². The number of hydrogen-bond acceptors (Lipinski definition) is 3. The van der Waals surface area contributed by atoms with E-state index in [9.17, 15) is 4.79 Å². The van der Waals surface area contributed by atoms with E-state index in [0.29, 0.717) is 22.8 Å². The van der Waals surface area contributed by atoms with Crippen LogP contribution in [0.1, 0.15) is 17.3 Å². The van der Waals surface area contributed by atoms with Crippen molar-refractivity contribution in [2.24, 2.45) is 5.84 Å². The third kappa shape index (κ3) is 2.16. The molecule has 1 aromatic carbocycles. The van der Waals surface area contributed by atoms with Crippen LogP contribution < -0.4 is 11.6 Å². The predicted octanol–water partition coefficient (Wildman–Crippen LogP) is 1.26. The number of carbonyl (C=O) groups is 1. The highest BCUT2D eigenvalue weighted by Crippen LogP contribution is 2.18. The number of anilines is 1. The fourth-order valence-corrected chi connectivity index (χ4v) is 1.18. The Morgan fingerprint density at radius 1 is 1.57 bits per heavy atom. The van der Waals surface area contributed by atoms with Crippen LogP contribution in [0.2, 0.25) is 5.02 Å². The lowest BCUT2D eigenvalue weighted by molar-refractivity contribution is 0.0765. The third-order valence-corrected chi connectivity index (χ3v) is 2.08. The summed E-state index contributed by atoms with van der Waals surface area (Å²) in [5.74, 6) is 5.13. The Bertz CT molecular complexity index is 354. The van der Waals surface area contributed by atoms with Gasteiger partial charge in [0.2, 0.25) is 0 Å². The van der Waals surface area contributed by atoms with Crippen molar-refractivity contribution in [3.8, 4) is 0 Å². The van der Waals surface area contributed by atoms with Crippen LogP contribution in [0.25, 0.3) is 0 Å². The highest BCUT2D eigenvalue weighted by molar-refractivity contribution is 6.31. The molecule has 0 aliphatic carbocycles. The second-order valence-corrected chi connectivity index (χ2v) is 3.26. The summed E-state index contributed by atoms with van der Waals surface area (Å²) in [7, 11) is 0. The van der Waals surface area contributed by atoms with Gasteiger partial charge < -0.3 is 5.73 Å². The molecule has 0 aliphatic rings. The summed E-state index contributed by atoms with van der Waals surface area (Å²) in [4.78, 5) is 11.6. The molecule has 4 N–H and O–H groups in total. The standard InChI is InChI=1S/C9H12ClN3O/c1-2-13(12)9(14)7-5-6(10)3-4-8(7)11/h3-5H,2,11-12H2,1H3. The van der Waals surface area contributed by atoms with Gasteiger partial charge in [0.15, 0.2) is 0 Å². The van der Waals surface area contributed by atoms with Crippen LogP contribution in [0.15, 0.2) is 18.2 Å². The maximum atomic E-state index is 11.6. The fourth-order valence-electron chi connectivity index (χ4n) is 1.01. The maximum absolute atomic E-state index is 11.6. The van der Waals surface area contributed by atoms with E-state index in [4.69, 9.17) is 23.2 Å². The van der Waals surface area contributed by atoms with Crippen LogP contribution in [-0.2, 0) is 0 Å². The van der Waals surface area contributed by atoms with Crippen LogP contribution >= 0.6 is 11.6 Å². The summed E-state index contributed by atoms with van der Waals surface area (Å²) >= 11 is 5.74. The predicted molar refractivity (Wildman–Crippen MR) is 56.8 cm³/mol. The minimum absolute atomic E-state index is 0.326. The zero-order valence-electron chi connectivity index (χ0n) is 7.83. The quantitative estimate of drug-likeness (QED) is 0.336. The molecule has 0 bridgehead atoms. The number of benzene rings is 1. The Balaban J connectivity index is 3.06. The largest absolute Gasteiger partial charge is 0.398 e. The molecule has 0 aromatic heterocycles. The number of nitrogens with two attached hydrogens (primary N) is 2. The van der Waals surface area contributed by atoms with Gasteiger partial charge in [-0.25, -0.2) is 5.84 Å². The van der Waals surface area contributed by atoms with Gasteiger partial charge in [-0.05, 0) is 25.1 Å². The minimum Gasteiger partial charge on any atom is -0.398 e. The van der Waals surface area contributed by atoms with Gasteiger partial charge in [-0.3, -0.25) is 9.80 Å². The first-order chi connectivity index (χ1) is 6.56. The van der Waals surface area contributed by atoms with Crippen LogP contribution in [-0.4, -0.2) is 17.5 Å². The Morgan fingerprint density at radius 3 is 2.79 bits per heavy atom. The number of carbonyl (C=O) groups excluding carboxylic acids is 1. The smallest absolute Gasteiger partial charge is 0.269 e. The molecule has 0 unspecified atom stereocenters. The molecule has 0 atom stereocenters. The van der Waals surface area contributed by atoms with Gasteiger partial charge in [0.25, 0.3) is 5.91 Å². The Labute approximate surface area is 87.4 Å². The molecule has 1 aromatic rings. The number of nitrogen functional groups attached to an aromatic ring is 1. The van der Waals surface area contributed by atoms with E-state index in [1.807, 2.05) is 0 Å². The van der Waals surface area contributed by atoms with Crippen molar-refractivity contribution < 1.29 is 4.79 Å². The van der Waals surface area contributed by atoms with E-state index in [1.54, 1.807) is 19.1 Å². The second kappa shape index (κ2) is 4.30. The lowest BCUT2D eigenvalue weighted by atomic mass is 10.1. The van der Waals surface area contributed by atoms with E-state index in [2.05, 4.69) is 0 Å². The van der Waals surface area contributed by atoms with E-state index in [-0.39, 0.29) is 5.91 Å².